The smallest absolute Gasteiger partial charge is 0.101 e. The van der Waals surface area contributed by atoms with Crippen molar-refractivity contribution < 1.29 is 0 Å². The number of hydrogen-bond acceptors (Lipinski definition) is 3. The van der Waals surface area contributed by atoms with Crippen LogP contribution in [0.3, 0.4) is 0 Å². The number of hydrogen-bond donors (Lipinski definition) is 1. The fourth-order valence-corrected chi connectivity index (χ4v) is 1.83. The minimum Gasteiger partial charge on any atom is -0.317 e. The maximum Gasteiger partial charge on any atom is 0.101 e. The van der Waals surface area contributed by atoms with E-state index >= 15 is 0 Å². The highest BCUT2D eigenvalue weighted by Gasteiger charge is 2.15. The Bertz CT molecular complexity index is 339. The third-order valence-corrected chi connectivity index (χ3v) is 2.67. The second kappa shape index (κ2) is 7.45. The zero-order valence-electron chi connectivity index (χ0n) is 8.85. The summed E-state index contributed by atoms with van der Waals surface area (Å²) in [5, 5.41) is 12.0. The average molecular weight is 260 g/mol. The Morgan fingerprint density at radius 1 is 1.25 bits per heavy atom. The van der Waals surface area contributed by atoms with Crippen molar-refractivity contribution in [2.75, 3.05) is 13.1 Å². The van der Waals surface area contributed by atoms with Gasteiger partial charge < -0.3 is 5.32 Å². The van der Waals surface area contributed by atoms with Gasteiger partial charge in [0.15, 0.2) is 0 Å². The first-order chi connectivity index (χ1) is 6.90. The number of aromatic nitrogens is 1. The number of piperidine rings is 1. The Hall–Kier alpha value is -0.820. The lowest BCUT2D eigenvalue weighted by Crippen LogP contribution is -2.27. The first-order valence-corrected chi connectivity index (χ1v) is 4.97. The molecule has 0 saturated carbocycles. The Labute approximate surface area is 108 Å². The summed E-state index contributed by atoms with van der Waals surface area (Å²) in [7, 11) is 0. The van der Waals surface area contributed by atoms with Crippen LogP contribution in [0.5, 0.6) is 0 Å². The predicted octanol–water partition coefficient (Wildman–Crippen LogP) is 2.26. The van der Waals surface area contributed by atoms with Crippen LogP contribution in [0.15, 0.2) is 18.3 Å². The molecule has 2 heterocycles. The molecular weight excluding hydrogens is 245 g/mol. The van der Waals surface area contributed by atoms with Crippen molar-refractivity contribution in [2.24, 2.45) is 0 Å². The van der Waals surface area contributed by atoms with E-state index in [0.29, 0.717) is 11.5 Å². The van der Waals surface area contributed by atoms with Crippen molar-refractivity contribution in [3.63, 3.8) is 0 Å². The van der Waals surface area contributed by atoms with Gasteiger partial charge in [-0.3, -0.25) is 4.98 Å². The van der Waals surface area contributed by atoms with E-state index in [1.807, 2.05) is 12.1 Å². The highest BCUT2D eigenvalue weighted by molar-refractivity contribution is 5.85. The molecule has 5 heteroatoms. The molecule has 3 nitrogen and oxygen atoms in total. The normalized spacial score (nSPS) is 15.4. The number of pyridine rings is 1. The van der Waals surface area contributed by atoms with Gasteiger partial charge in [-0.15, -0.1) is 24.8 Å². The van der Waals surface area contributed by atoms with Crippen LogP contribution in [0, 0.1) is 11.3 Å². The van der Waals surface area contributed by atoms with E-state index < -0.39 is 0 Å². The second-order valence-corrected chi connectivity index (χ2v) is 3.61. The zero-order valence-corrected chi connectivity index (χ0v) is 10.5. The van der Waals surface area contributed by atoms with Crippen LogP contribution in [0.25, 0.3) is 0 Å². The maximum atomic E-state index is 8.64. The molecule has 0 aromatic carbocycles. The van der Waals surface area contributed by atoms with Crippen LogP contribution in [-0.2, 0) is 0 Å². The molecule has 0 spiro atoms. The van der Waals surface area contributed by atoms with Crippen molar-refractivity contribution in [3.05, 3.63) is 29.6 Å². The first kappa shape index (κ1) is 15.2. The summed E-state index contributed by atoms with van der Waals surface area (Å²) < 4.78 is 0. The lowest BCUT2D eigenvalue weighted by Gasteiger charge is -2.21. The average Bonchev–Trinajstić information content (AvgIpc) is 2.30. The Morgan fingerprint density at radius 2 is 1.94 bits per heavy atom. The number of nitrogens with zero attached hydrogens (tertiary/aromatic N) is 2. The summed E-state index contributed by atoms with van der Waals surface area (Å²) in [6.45, 7) is 2.15. The van der Waals surface area contributed by atoms with E-state index in [2.05, 4.69) is 16.4 Å². The molecule has 0 amide bonds. The van der Waals surface area contributed by atoms with E-state index in [0.717, 1.165) is 31.6 Å². The van der Waals surface area contributed by atoms with Crippen LogP contribution >= 0.6 is 24.8 Å². The topological polar surface area (TPSA) is 48.7 Å². The molecule has 0 aliphatic carbocycles. The summed E-state index contributed by atoms with van der Waals surface area (Å²) in [6.07, 6.45) is 3.97. The zero-order chi connectivity index (χ0) is 9.80. The van der Waals surface area contributed by atoms with Crippen LogP contribution in [0.1, 0.15) is 30.0 Å². The van der Waals surface area contributed by atoms with Gasteiger partial charge in [-0.05, 0) is 38.1 Å². The van der Waals surface area contributed by atoms with Crippen molar-refractivity contribution >= 4 is 24.8 Å². The van der Waals surface area contributed by atoms with Crippen molar-refractivity contribution in [1.29, 1.82) is 5.26 Å². The van der Waals surface area contributed by atoms with E-state index in [-0.39, 0.29) is 24.8 Å². The van der Waals surface area contributed by atoms with Gasteiger partial charge >= 0.3 is 0 Å². The third-order valence-electron chi connectivity index (χ3n) is 2.67. The molecule has 1 aliphatic heterocycles. The maximum absolute atomic E-state index is 8.64. The Kier molecular flexibility index (Phi) is 7.07. The molecule has 1 aromatic heterocycles. The number of rotatable bonds is 1. The van der Waals surface area contributed by atoms with Gasteiger partial charge in [-0.1, -0.05) is 0 Å². The molecule has 0 atom stereocenters. The van der Waals surface area contributed by atoms with Crippen LogP contribution in [0.4, 0.5) is 0 Å². The highest BCUT2D eigenvalue weighted by atomic mass is 35.5. The second-order valence-electron chi connectivity index (χ2n) is 3.61. The van der Waals surface area contributed by atoms with Gasteiger partial charge in [0.1, 0.15) is 6.07 Å². The largest absolute Gasteiger partial charge is 0.317 e. The molecule has 1 fully saturated rings. The minimum absolute atomic E-state index is 0. The molecule has 1 N–H and O–H groups in total. The Balaban J connectivity index is 0.00000112. The summed E-state index contributed by atoms with van der Waals surface area (Å²) >= 11 is 0. The monoisotopic (exact) mass is 259 g/mol. The standard InChI is InChI=1S/C11H13N3.2ClH/c12-7-9-1-2-11(14-8-9)10-3-5-13-6-4-10;;/h1-2,8,10,13H,3-6H2;2*1H. The molecule has 1 saturated heterocycles. The van der Waals surface area contributed by atoms with Crippen molar-refractivity contribution in [3.8, 4) is 6.07 Å². The van der Waals surface area contributed by atoms with Crippen molar-refractivity contribution in [1.82, 2.24) is 10.3 Å². The van der Waals surface area contributed by atoms with Gasteiger partial charge in [-0.2, -0.15) is 5.26 Å². The molecule has 88 valence electrons. The van der Waals surface area contributed by atoms with E-state index in [1.165, 1.54) is 0 Å². The lowest BCUT2D eigenvalue weighted by molar-refractivity contribution is 0.453. The predicted molar refractivity (Wildman–Crippen MR) is 68.3 cm³/mol. The molecule has 16 heavy (non-hydrogen) atoms. The fraction of sp³-hybridized carbons (Fsp3) is 0.455. The van der Waals surface area contributed by atoms with Gasteiger partial charge in [0.05, 0.1) is 5.56 Å². The third kappa shape index (κ3) is 3.64. The van der Waals surface area contributed by atoms with Gasteiger partial charge in [0, 0.05) is 17.8 Å². The number of halogens is 2. The SMILES string of the molecule is Cl.Cl.N#Cc1ccc(C2CCNCC2)nc1. The van der Waals surface area contributed by atoms with Gasteiger partial charge in [-0.25, -0.2) is 0 Å². The van der Waals surface area contributed by atoms with Crippen LogP contribution < -0.4 is 5.32 Å². The fourth-order valence-electron chi connectivity index (χ4n) is 1.83. The Morgan fingerprint density at radius 3 is 2.44 bits per heavy atom. The molecule has 0 radical (unpaired) electrons. The van der Waals surface area contributed by atoms with Crippen LogP contribution in [-0.4, -0.2) is 18.1 Å². The van der Waals surface area contributed by atoms with E-state index in [4.69, 9.17) is 5.26 Å². The number of nitriles is 1. The van der Waals surface area contributed by atoms with Gasteiger partial charge in [0.25, 0.3) is 0 Å². The molecule has 0 unspecified atom stereocenters. The molecular formula is C11H15Cl2N3. The highest BCUT2D eigenvalue weighted by Crippen LogP contribution is 2.22. The van der Waals surface area contributed by atoms with E-state index in [1.54, 1.807) is 6.20 Å². The number of nitrogens with one attached hydrogen (secondary N) is 1. The first-order valence-electron chi connectivity index (χ1n) is 4.97. The molecule has 1 aromatic rings. The lowest BCUT2D eigenvalue weighted by atomic mass is 9.94. The summed E-state index contributed by atoms with van der Waals surface area (Å²) in [4.78, 5) is 4.32. The summed E-state index contributed by atoms with van der Waals surface area (Å²) in [6, 6.07) is 5.91. The summed E-state index contributed by atoms with van der Waals surface area (Å²) in [5.41, 5.74) is 1.77. The molecule has 0 bridgehead atoms. The molecule has 2 rings (SSSR count). The minimum atomic E-state index is 0. The summed E-state index contributed by atoms with van der Waals surface area (Å²) in [5.74, 6) is 0.573. The van der Waals surface area contributed by atoms with Gasteiger partial charge in [0.2, 0.25) is 0 Å². The van der Waals surface area contributed by atoms with Crippen LogP contribution in [0.2, 0.25) is 0 Å². The quantitative estimate of drug-likeness (QED) is 0.842. The van der Waals surface area contributed by atoms with E-state index in [9.17, 15) is 0 Å². The van der Waals surface area contributed by atoms with Crippen molar-refractivity contribution in [2.45, 2.75) is 18.8 Å². The molecule has 1 aliphatic rings.